The number of aliphatic imine (C=N–C) groups is 1. The molecule has 18 heavy (non-hydrogen) atoms. The van der Waals surface area contributed by atoms with Crippen LogP contribution in [-0.2, 0) is 16.1 Å². The molecule has 0 spiro atoms. The lowest BCUT2D eigenvalue weighted by atomic mass is 10.1. The highest BCUT2D eigenvalue weighted by atomic mass is 16.5. The number of isocyanates is 1. The summed E-state index contributed by atoms with van der Waals surface area (Å²) in [4.78, 5) is 25.0. The molecule has 1 rings (SSSR count). The van der Waals surface area contributed by atoms with Crippen LogP contribution in [0, 0.1) is 0 Å². The van der Waals surface area contributed by atoms with Crippen molar-refractivity contribution in [2.45, 2.75) is 26.0 Å². The average molecular weight is 248 g/mol. The Labute approximate surface area is 106 Å². The Kier molecular flexibility index (Phi) is 5.08. The first-order valence-corrected chi connectivity index (χ1v) is 5.56. The maximum atomic E-state index is 11.5. The van der Waals surface area contributed by atoms with Crippen LogP contribution in [0.4, 0.5) is 4.79 Å². The fourth-order valence-corrected chi connectivity index (χ4v) is 1.30. The molecule has 0 aliphatic rings. The highest BCUT2D eigenvalue weighted by molar-refractivity contribution is 5.68. The lowest BCUT2D eigenvalue weighted by Gasteiger charge is -2.22. The molecule has 0 aromatic heterocycles. The molecule has 0 fully saturated rings. The number of alkyl carbamates (subject to hydrolysis) is 1. The predicted molar refractivity (Wildman–Crippen MR) is 66.8 cm³/mol. The van der Waals surface area contributed by atoms with Gasteiger partial charge in [-0.1, -0.05) is 30.3 Å². The SMILES string of the molecule is CC(C)(CN=C=O)NC(=O)OCc1ccccc1. The smallest absolute Gasteiger partial charge is 0.407 e. The summed E-state index contributed by atoms with van der Waals surface area (Å²) in [6.45, 7) is 3.87. The molecule has 0 unspecified atom stereocenters. The second-order valence-electron chi connectivity index (χ2n) is 4.48. The third-order valence-corrected chi connectivity index (χ3v) is 2.19. The van der Waals surface area contributed by atoms with Gasteiger partial charge < -0.3 is 10.1 Å². The largest absolute Gasteiger partial charge is 0.445 e. The predicted octanol–water partition coefficient (Wildman–Crippen LogP) is 2.03. The molecule has 0 atom stereocenters. The Morgan fingerprint density at radius 1 is 1.39 bits per heavy atom. The van der Waals surface area contributed by atoms with Crippen LogP contribution in [-0.4, -0.2) is 24.3 Å². The average Bonchev–Trinajstić information content (AvgIpc) is 2.35. The van der Waals surface area contributed by atoms with Gasteiger partial charge >= 0.3 is 6.09 Å². The normalized spacial score (nSPS) is 10.3. The van der Waals surface area contributed by atoms with Gasteiger partial charge in [-0.05, 0) is 19.4 Å². The lowest BCUT2D eigenvalue weighted by Crippen LogP contribution is -2.46. The molecule has 0 bridgehead atoms. The van der Waals surface area contributed by atoms with Gasteiger partial charge in [0.05, 0.1) is 12.1 Å². The van der Waals surface area contributed by atoms with Crippen molar-refractivity contribution >= 4 is 12.2 Å². The van der Waals surface area contributed by atoms with Crippen LogP contribution in [0.25, 0.3) is 0 Å². The topological polar surface area (TPSA) is 67.8 Å². The minimum atomic E-state index is -0.634. The molecule has 1 aromatic rings. The number of rotatable bonds is 5. The first-order chi connectivity index (χ1) is 8.53. The highest BCUT2D eigenvalue weighted by Gasteiger charge is 2.20. The van der Waals surface area contributed by atoms with Gasteiger partial charge in [-0.25, -0.2) is 14.6 Å². The van der Waals surface area contributed by atoms with E-state index in [9.17, 15) is 9.59 Å². The number of carbonyl (C=O) groups excluding carboxylic acids is 2. The van der Waals surface area contributed by atoms with Gasteiger partial charge in [0.1, 0.15) is 6.61 Å². The standard InChI is InChI=1S/C13H16N2O3/c1-13(2,9-14-10-16)15-12(17)18-8-11-6-4-3-5-7-11/h3-7H,8-9H2,1-2H3,(H,15,17). The van der Waals surface area contributed by atoms with E-state index in [-0.39, 0.29) is 13.2 Å². The molecule has 5 heteroatoms. The molecule has 0 saturated heterocycles. The fourth-order valence-electron chi connectivity index (χ4n) is 1.30. The van der Waals surface area contributed by atoms with E-state index in [0.29, 0.717) is 0 Å². The maximum absolute atomic E-state index is 11.5. The molecule has 96 valence electrons. The van der Waals surface area contributed by atoms with Crippen molar-refractivity contribution in [3.05, 3.63) is 35.9 Å². The second kappa shape index (κ2) is 6.57. The van der Waals surface area contributed by atoms with E-state index in [4.69, 9.17) is 4.74 Å². The summed E-state index contributed by atoms with van der Waals surface area (Å²) in [7, 11) is 0. The number of hydrogen-bond donors (Lipinski definition) is 1. The minimum absolute atomic E-state index is 0.164. The molecule has 0 aliphatic heterocycles. The highest BCUT2D eigenvalue weighted by Crippen LogP contribution is 2.05. The van der Waals surface area contributed by atoms with E-state index in [2.05, 4.69) is 10.3 Å². The van der Waals surface area contributed by atoms with Crippen molar-refractivity contribution in [3.63, 3.8) is 0 Å². The Balaban J connectivity index is 2.40. The quantitative estimate of drug-likeness (QED) is 0.640. The number of carbonyl (C=O) groups is 1. The number of ether oxygens (including phenoxy) is 1. The molecule has 1 amide bonds. The van der Waals surface area contributed by atoms with E-state index in [1.165, 1.54) is 6.08 Å². The van der Waals surface area contributed by atoms with Crippen molar-refractivity contribution in [1.29, 1.82) is 0 Å². The summed E-state index contributed by atoms with van der Waals surface area (Å²) in [5, 5.41) is 2.63. The number of amides is 1. The molecule has 0 saturated carbocycles. The summed E-state index contributed by atoms with van der Waals surface area (Å²) < 4.78 is 5.05. The fraction of sp³-hybridized carbons (Fsp3) is 0.385. The van der Waals surface area contributed by atoms with Crippen LogP contribution in [0.3, 0.4) is 0 Å². The molecule has 1 aromatic carbocycles. The number of hydrogen-bond acceptors (Lipinski definition) is 4. The molecular weight excluding hydrogens is 232 g/mol. The first-order valence-electron chi connectivity index (χ1n) is 5.56. The Bertz CT molecular complexity index is 437. The Hall–Kier alpha value is -2.13. The van der Waals surface area contributed by atoms with E-state index in [0.717, 1.165) is 5.56 Å². The summed E-state index contributed by atoms with van der Waals surface area (Å²) in [5.74, 6) is 0. The van der Waals surface area contributed by atoms with Gasteiger partial charge in [0.2, 0.25) is 6.08 Å². The molecule has 1 N–H and O–H groups in total. The summed E-state index contributed by atoms with van der Waals surface area (Å²) in [6.07, 6.45) is 0.901. The van der Waals surface area contributed by atoms with Crippen LogP contribution in [0.2, 0.25) is 0 Å². The van der Waals surface area contributed by atoms with Crippen LogP contribution in [0.15, 0.2) is 35.3 Å². The van der Waals surface area contributed by atoms with E-state index < -0.39 is 11.6 Å². The third kappa shape index (κ3) is 5.27. The summed E-state index contributed by atoms with van der Waals surface area (Å²) >= 11 is 0. The van der Waals surface area contributed by atoms with Crippen LogP contribution in [0.5, 0.6) is 0 Å². The molecule has 0 aliphatic carbocycles. The molecule has 0 radical (unpaired) electrons. The number of benzene rings is 1. The second-order valence-corrected chi connectivity index (χ2v) is 4.48. The van der Waals surface area contributed by atoms with E-state index in [1.807, 2.05) is 30.3 Å². The van der Waals surface area contributed by atoms with Gasteiger partial charge in [0.25, 0.3) is 0 Å². The monoisotopic (exact) mass is 248 g/mol. The molecule has 5 nitrogen and oxygen atoms in total. The van der Waals surface area contributed by atoms with E-state index >= 15 is 0 Å². The zero-order chi connectivity index (χ0) is 13.4. The molecular formula is C13H16N2O3. The van der Waals surface area contributed by atoms with Gasteiger partial charge in [0, 0.05) is 0 Å². The third-order valence-electron chi connectivity index (χ3n) is 2.19. The van der Waals surface area contributed by atoms with E-state index in [1.54, 1.807) is 13.8 Å². The maximum Gasteiger partial charge on any atom is 0.407 e. The first kappa shape index (κ1) is 13.9. The van der Waals surface area contributed by atoms with Gasteiger partial charge in [-0.15, -0.1) is 0 Å². The van der Waals surface area contributed by atoms with Gasteiger partial charge in [-0.3, -0.25) is 0 Å². The van der Waals surface area contributed by atoms with Crippen molar-refractivity contribution in [2.75, 3.05) is 6.54 Å². The number of nitrogens with one attached hydrogen (secondary N) is 1. The Morgan fingerprint density at radius 2 is 2.06 bits per heavy atom. The van der Waals surface area contributed by atoms with Crippen LogP contribution < -0.4 is 5.32 Å². The van der Waals surface area contributed by atoms with Crippen molar-refractivity contribution < 1.29 is 14.3 Å². The Morgan fingerprint density at radius 3 is 2.67 bits per heavy atom. The van der Waals surface area contributed by atoms with Crippen molar-refractivity contribution in [2.24, 2.45) is 4.99 Å². The lowest BCUT2D eigenvalue weighted by molar-refractivity contribution is 0.130. The van der Waals surface area contributed by atoms with Gasteiger partial charge in [-0.2, -0.15) is 0 Å². The van der Waals surface area contributed by atoms with Crippen molar-refractivity contribution in [1.82, 2.24) is 5.32 Å². The zero-order valence-corrected chi connectivity index (χ0v) is 10.5. The van der Waals surface area contributed by atoms with Crippen LogP contribution >= 0.6 is 0 Å². The number of nitrogens with zero attached hydrogens (tertiary/aromatic N) is 1. The minimum Gasteiger partial charge on any atom is -0.445 e. The van der Waals surface area contributed by atoms with Crippen molar-refractivity contribution in [3.8, 4) is 0 Å². The zero-order valence-electron chi connectivity index (χ0n) is 10.5. The summed E-state index contributed by atoms with van der Waals surface area (Å²) in [5.41, 5.74) is 0.280. The van der Waals surface area contributed by atoms with Gasteiger partial charge in [0.15, 0.2) is 0 Å². The molecule has 0 heterocycles. The van der Waals surface area contributed by atoms with Crippen LogP contribution in [0.1, 0.15) is 19.4 Å². The summed E-state index contributed by atoms with van der Waals surface area (Å²) in [6, 6.07) is 9.38.